The molecule has 0 atom stereocenters. The smallest absolute Gasteiger partial charge is 0.376 e. The summed E-state index contributed by atoms with van der Waals surface area (Å²) in [5, 5.41) is 1.61. The zero-order chi connectivity index (χ0) is 27.2. The summed E-state index contributed by atoms with van der Waals surface area (Å²) in [6.07, 6.45) is 0. The second kappa shape index (κ2) is 9.32. The number of para-hydroxylation sites is 1. The van der Waals surface area contributed by atoms with Crippen molar-refractivity contribution >= 4 is 31.9 Å². The van der Waals surface area contributed by atoms with Crippen LogP contribution in [-0.2, 0) is 10.1 Å². The van der Waals surface area contributed by atoms with Gasteiger partial charge >= 0.3 is 15.6 Å². The number of rotatable bonds is 5. The van der Waals surface area contributed by atoms with Gasteiger partial charge in [-0.2, -0.15) is 21.6 Å². The maximum Gasteiger partial charge on any atom is 0.534 e. The zero-order valence-corrected chi connectivity index (χ0v) is 21.1. The topological polar surface area (TPSA) is 48.3 Å². The Morgan fingerprint density at radius 1 is 0.564 bits per heavy atom. The molecule has 5 aromatic carbocycles. The first-order valence-electron chi connectivity index (χ1n) is 12.0. The lowest BCUT2D eigenvalue weighted by atomic mass is 9.98. The Kier molecular flexibility index (Phi) is 5.92. The Hall–Kier alpha value is -4.56. The molecule has 0 unspecified atom stereocenters. The van der Waals surface area contributed by atoms with Crippen LogP contribution in [0.4, 0.5) is 13.2 Å². The summed E-state index contributed by atoms with van der Waals surface area (Å²) >= 11 is 0. The molecule has 0 aliphatic carbocycles. The van der Waals surface area contributed by atoms with E-state index in [4.69, 9.17) is 0 Å². The van der Waals surface area contributed by atoms with Gasteiger partial charge in [0, 0.05) is 22.5 Å². The molecule has 0 bridgehead atoms. The van der Waals surface area contributed by atoms with Crippen molar-refractivity contribution in [3.8, 4) is 33.7 Å². The molecule has 0 spiro atoms. The molecular weight excluding hydrogens is 523 g/mol. The van der Waals surface area contributed by atoms with E-state index in [-0.39, 0.29) is 0 Å². The fourth-order valence-electron chi connectivity index (χ4n) is 4.77. The number of hydrogen-bond donors (Lipinski definition) is 0. The Morgan fingerprint density at radius 3 is 1.77 bits per heavy atom. The number of aromatic nitrogens is 1. The van der Waals surface area contributed by atoms with Gasteiger partial charge in [-0.05, 0) is 58.7 Å². The fraction of sp³-hybridized carbons (Fsp3) is 0.0323. The summed E-state index contributed by atoms with van der Waals surface area (Å²) in [5.41, 5.74) is 0.695. The van der Waals surface area contributed by atoms with Gasteiger partial charge in [-0.25, -0.2) is 0 Å². The average molecular weight is 544 g/mol. The van der Waals surface area contributed by atoms with E-state index >= 15 is 0 Å². The third kappa shape index (κ3) is 4.53. The Morgan fingerprint density at radius 2 is 1.10 bits per heavy atom. The Balaban J connectivity index is 1.54. The van der Waals surface area contributed by atoms with Crippen LogP contribution in [0.3, 0.4) is 0 Å². The first-order valence-corrected chi connectivity index (χ1v) is 13.4. The van der Waals surface area contributed by atoms with Crippen LogP contribution in [-0.4, -0.2) is 18.5 Å². The summed E-state index contributed by atoms with van der Waals surface area (Å²) in [6.45, 7) is 0. The molecule has 0 saturated heterocycles. The highest BCUT2D eigenvalue weighted by Crippen LogP contribution is 2.38. The number of hydrogen-bond acceptors (Lipinski definition) is 3. The highest BCUT2D eigenvalue weighted by molar-refractivity contribution is 7.88. The number of benzene rings is 5. The van der Waals surface area contributed by atoms with E-state index < -0.39 is 21.4 Å². The van der Waals surface area contributed by atoms with Crippen LogP contribution < -0.4 is 4.18 Å². The normalized spacial score (nSPS) is 12.2. The molecule has 194 valence electrons. The van der Waals surface area contributed by atoms with Crippen LogP contribution in [0.1, 0.15) is 0 Å². The van der Waals surface area contributed by atoms with Gasteiger partial charge in [-0.15, -0.1) is 0 Å². The first-order chi connectivity index (χ1) is 18.7. The van der Waals surface area contributed by atoms with E-state index in [1.54, 1.807) is 6.07 Å². The third-order valence-electron chi connectivity index (χ3n) is 6.55. The SMILES string of the molecule is O=S(=O)(Oc1ccc2c3ccc(-c4cccc(-c5ccccc5)c4)cc3n(-c3ccccc3)c2c1)C(F)(F)F. The van der Waals surface area contributed by atoms with Crippen molar-refractivity contribution in [3.05, 3.63) is 121 Å². The molecule has 0 saturated carbocycles. The van der Waals surface area contributed by atoms with E-state index in [0.717, 1.165) is 44.2 Å². The molecule has 4 nitrogen and oxygen atoms in total. The molecule has 0 aliphatic heterocycles. The maximum atomic E-state index is 13.0. The molecule has 8 heteroatoms. The molecular formula is C31H20F3NO3S. The van der Waals surface area contributed by atoms with Gasteiger partial charge in [0.2, 0.25) is 0 Å². The Labute approximate surface area is 222 Å². The standard InChI is InChI=1S/C31H20F3NO3S/c32-31(33,34)39(36,37)38-26-15-17-28-27-16-14-24(23-11-7-10-22(18-23)21-8-3-1-4-9-21)19-29(27)35(30(28)20-26)25-12-5-2-6-13-25/h1-20H. The molecule has 6 aromatic rings. The molecule has 0 aliphatic rings. The van der Waals surface area contributed by atoms with Gasteiger partial charge in [0.05, 0.1) is 11.0 Å². The van der Waals surface area contributed by atoms with E-state index in [9.17, 15) is 21.6 Å². The highest BCUT2D eigenvalue weighted by Gasteiger charge is 2.48. The second-order valence-electron chi connectivity index (χ2n) is 9.01. The van der Waals surface area contributed by atoms with Gasteiger partial charge in [-0.3, -0.25) is 0 Å². The molecule has 1 aromatic heterocycles. The monoisotopic (exact) mass is 543 g/mol. The molecule has 0 N–H and O–H groups in total. The Bertz CT molecular complexity index is 1930. The van der Waals surface area contributed by atoms with E-state index in [2.05, 4.69) is 16.3 Å². The minimum Gasteiger partial charge on any atom is -0.376 e. The summed E-state index contributed by atoms with van der Waals surface area (Å²) in [5.74, 6) is -0.421. The predicted octanol–water partition coefficient (Wildman–Crippen LogP) is 8.35. The predicted molar refractivity (Wildman–Crippen MR) is 147 cm³/mol. The van der Waals surface area contributed by atoms with Crippen LogP contribution in [0.15, 0.2) is 121 Å². The van der Waals surface area contributed by atoms with Crippen molar-refractivity contribution in [2.75, 3.05) is 0 Å². The number of fused-ring (bicyclic) bond motifs is 3. The van der Waals surface area contributed by atoms with Gasteiger partial charge in [0.25, 0.3) is 0 Å². The van der Waals surface area contributed by atoms with E-state index in [0.29, 0.717) is 5.52 Å². The van der Waals surface area contributed by atoms with Crippen molar-refractivity contribution in [1.82, 2.24) is 4.57 Å². The van der Waals surface area contributed by atoms with Crippen molar-refractivity contribution in [3.63, 3.8) is 0 Å². The van der Waals surface area contributed by atoms with Crippen LogP contribution >= 0.6 is 0 Å². The second-order valence-corrected chi connectivity index (χ2v) is 10.5. The molecule has 0 fully saturated rings. The van der Waals surface area contributed by atoms with Gasteiger partial charge in [0.15, 0.2) is 0 Å². The maximum absolute atomic E-state index is 13.0. The lowest BCUT2D eigenvalue weighted by molar-refractivity contribution is -0.0500. The van der Waals surface area contributed by atoms with E-state index in [1.165, 1.54) is 12.1 Å². The molecule has 0 radical (unpaired) electrons. The summed E-state index contributed by atoms with van der Waals surface area (Å²) < 4.78 is 68.6. The highest BCUT2D eigenvalue weighted by atomic mass is 32.2. The van der Waals surface area contributed by atoms with Crippen molar-refractivity contribution in [2.45, 2.75) is 5.51 Å². The lowest BCUT2D eigenvalue weighted by Crippen LogP contribution is -2.28. The molecule has 6 rings (SSSR count). The summed E-state index contributed by atoms with van der Waals surface area (Å²) in [4.78, 5) is 0. The molecule has 39 heavy (non-hydrogen) atoms. The fourth-order valence-corrected chi connectivity index (χ4v) is 5.22. The van der Waals surface area contributed by atoms with Gasteiger partial charge in [0.1, 0.15) is 5.75 Å². The van der Waals surface area contributed by atoms with Crippen LogP contribution in [0.2, 0.25) is 0 Å². The van der Waals surface area contributed by atoms with Crippen molar-refractivity contribution in [2.24, 2.45) is 0 Å². The van der Waals surface area contributed by atoms with Crippen LogP contribution in [0.25, 0.3) is 49.7 Å². The quantitative estimate of drug-likeness (QED) is 0.162. The summed E-state index contributed by atoms with van der Waals surface area (Å²) in [6, 6.07) is 37.7. The van der Waals surface area contributed by atoms with Crippen molar-refractivity contribution < 1.29 is 25.8 Å². The largest absolute Gasteiger partial charge is 0.534 e. The minimum atomic E-state index is -5.81. The van der Waals surface area contributed by atoms with Gasteiger partial charge in [-0.1, -0.05) is 78.9 Å². The molecule has 1 heterocycles. The number of nitrogens with zero attached hydrogens (tertiary/aromatic N) is 1. The van der Waals surface area contributed by atoms with Gasteiger partial charge < -0.3 is 8.75 Å². The van der Waals surface area contributed by atoms with Crippen LogP contribution in [0, 0.1) is 0 Å². The molecule has 0 amide bonds. The zero-order valence-electron chi connectivity index (χ0n) is 20.3. The third-order valence-corrected chi connectivity index (χ3v) is 7.52. The van der Waals surface area contributed by atoms with E-state index in [1.807, 2.05) is 95.6 Å². The minimum absolute atomic E-state index is 0.421. The average Bonchev–Trinajstić information content (AvgIpc) is 3.26. The first kappa shape index (κ1) is 24.8. The van der Waals surface area contributed by atoms with Crippen LogP contribution in [0.5, 0.6) is 5.75 Å². The lowest BCUT2D eigenvalue weighted by Gasteiger charge is -2.11. The van der Waals surface area contributed by atoms with Crippen molar-refractivity contribution in [1.29, 1.82) is 0 Å². The number of alkyl halides is 3. The number of halogens is 3. The summed E-state index contributed by atoms with van der Waals surface area (Å²) in [7, 11) is -5.81.